The molecule has 0 bridgehead atoms. The molecule has 2 aliphatic heterocycles. The molecular weight excluding hydrogens is 350 g/mol. The van der Waals surface area contributed by atoms with E-state index in [2.05, 4.69) is 5.43 Å². The highest BCUT2D eigenvalue weighted by Gasteiger charge is 2.39. The first-order valence-electron chi connectivity index (χ1n) is 8.56. The Balaban J connectivity index is 1.48. The van der Waals surface area contributed by atoms with Gasteiger partial charge in [-0.05, 0) is 35.7 Å². The molecule has 5 nitrogen and oxygen atoms in total. The number of amides is 1. The van der Waals surface area contributed by atoms with E-state index in [9.17, 15) is 4.79 Å². The molecule has 2 aromatic carbocycles. The second-order valence-electron chi connectivity index (χ2n) is 6.47. The van der Waals surface area contributed by atoms with Gasteiger partial charge in [-0.3, -0.25) is 4.79 Å². The number of fused-ring (bicyclic) bond motifs is 1. The minimum absolute atomic E-state index is 0.0796. The third-order valence-corrected chi connectivity index (χ3v) is 5.26. The van der Waals surface area contributed by atoms with Gasteiger partial charge in [0.15, 0.2) is 0 Å². The van der Waals surface area contributed by atoms with E-state index < -0.39 is 0 Å². The molecule has 26 heavy (non-hydrogen) atoms. The Labute approximate surface area is 157 Å². The minimum Gasteiger partial charge on any atom is -0.497 e. The van der Waals surface area contributed by atoms with Crippen molar-refractivity contribution < 1.29 is 9.53 Å². The van der Waals surface area contributed by atoms with Crippen molar-refractivity contribution in [2.24, 2.45) is 0 Å². The van der Waals surface area contributed by atoms with E-state index >= 15 is 0 Å². The number of carbonyl (C=O) groups excluding carboxylic acids is 1. The average Bonchev–Trinajstić information content (AvgIpc) is 3.11. The van der Waals surface area contributed by atoms with Gasteiger partial charge in [-0.15, -0.1) is 0 Å². The number of halogens is 1. The maximum absolute atomic E-state index is 12.9. The summed E-state index contributed by atoms with van der Waals surface area (Å²) in [6, 6.07) is 15.4. The summed E-state index contributed by atoms with van der Waals surface area (Å²) in [6.45, 7) is 0.479. The second kappa shape index (κ2) is 7.02. The molecule has 0 spiro atoms. The molecule has 0 aromatic heterocycles. The summed E-state index contributed by atoms with van der Waals surface area (Å²) in [5.74, 6) is 0.905. The third kappa shape index (κ3) is 3.16. The van der Waals surface area contributed by atoms with Gasteiger partial charge in [-0.1, -0.05) is 41.9 Å². The normalized spacial score (nSPS) is 21.8. The minimum atomic E-state index is -0.213. The number of nitrogens with one attached hydrogen (secondary N) is 1. The fourth-order valence-corrected chi connectivity index (χ4v) is 3.63. The lowest BCUT2D eigenvalue weighted by Crippen LogP contribution is -2.47. The van der Waals surface area contributed by atoms with Crippen molar-refractivity contribution in [1.82, 2.24) is 15.3 Å². The molecule has 1 amide bonds. The van der Waals surface area contributed by atoms with Crippen LogP contribution in [-0.4, -0.2) is 29.0 Å². The van der Waals surface area contributed by atoms with Gasteiger partial charge >= 0.3 is 0 Å². The van der Waals surface area contributed by atoms with Crippen LogP contribution in [0.3, 0.4) is 0 Å². The Morgan fingerprint density at radius 3 is 2.65 bits per heavy atom. The van der Waals surface area contributed by atoms with E-state index in [1.807, 2.05) is 65.9 Å². The van der Waals surface area contributed by atoms with Crippen molar-refractivity contribution in [3.8, 4) is 5.75 Å². The highest BCUT2D eigenvalue weighted by Crippen LogP contribution is 2.32. The zero-order chi connectivity index (χ0) is 18.1. The molecular formula is C20H20ClN3O2. The Morgan fingerprint density at radius 1 is 1.15 bits per heavy atom. The van der Waals surface area contributed by atoms with E-state index in [0.717, 1.165) is 16.9 Å². The summed E-state index contributed by atoms with van der Waals surface area (Å²) in [5, 5.41) is 2.58. The van der Waals surface area contributed by atoms with Crippen LogP contribution in [-0.2, 0) is 11.3 Å². The van der Waals surface area contributed by atoms with E-state index in [4.69, 9.17) is 16.3 Å². The topological polar surface area (TPSA) is 44.8 Å². The van der Waals surface area contributed by atoms with Crippen LogP contribution >= 0.6 is 11.6 Å². The Hall–Kier alpha value is -2.50. The van der Waals surface area contributed by atoms with Crippen LogP contribution in [0.15, 0.2) is 60.9 Å². The SMILES string of the molecule is COc1ccc(C2CC3C(=O)N(Cc4ccccc4Cl)C=CN3N2)cc1. The molecule has 1 N–H and O–H groups in total. The fraction of sp³-hybridized carbons (Fsp3) is 0.250. The Kier molecular flexibility index (Phi) is 4.57. The first kappa shape index (κ1) is 16.9. The standard InChI is InChI=1S/C20H20ClN3O2/c1-26-16-8-6-14(7-9-16)18-12-19-20(25)23(10-11-24(19)22-18)13-15-4-2-3-5-17(15)21/h2-11,18-19,22H,12-13H2,1H3. The Bertz CT molecular complexity index is 837. The quantitative estimate of drug-likeness (QED) is 0.896. The van der Waals surface area contributed by atoms with E-state index in [1.54, 1.807) is 12.0 Å². The number of methoxy groups -OCH3 is 1. The molecule has 6 heteroatoms. The molecule has 1 fully saturated rings. The molecule has 2 atom stereocenters. The van der Waals surface area contributed by atoms with Crippen LogP contribution in [0, 0.1) is 0 Å². The highest BCUT2D eigenvalue weighted by molar-refractivity contribution is 6.31. The first-order chi connectivity index (χ1) is 12.7. The predicted octanol–water partition coefficient (Wildman–Crippen LogP) is 3.48. The third-order valence-electron chi connectivity index (χ3n) is 4.89. The molecule has 134 valence electrons. The smallest absolute Gasteiger partial charge is 0.251 e. The van der Waals surface area contributed by atoms with Crippen LogP contribution in [0.5, 0.6) is 5.75 Å². The molecule has 0 saturated carbocycles. The molecule has 2 aliphatic rings. The van der Waals surface area contributed by atoms with Gasteiger partial charge < -0.3 is 14.6 Å². The lowest BCUT2D eigenvalue weighted by molar-refractivity contribution is -0.134. The number of ether oxygens (including phenoxy) is 1. The molecule has 2 aromatic rings. The number of hydrazine groups is 1. The van der Waals surface area contributed by atoms with E-state index in [1.165, 1.54) is 0 Å². The average molecular weight is 370 g/mol. The number of hydrogen-bond donors (Lipinski definition) is 1. The summed E-state index contributed by atoms with van der Waals surface area (Å²) in [7, 11) is 1.65. The zero-order valence-electron chi connectivity index (χ0n) is 14.4. The van der Waals surface area contributed by atoms with E-state index in [0.29, 0.717) is 18.0 Å². The monoisotopic (exact) mass is 369 g/mol. The summed E-state index contributed by atoms with van der Waals surface area (Å²) >= 11 is 6.24. The van der Waals surface area contributed by atoms with Crippen LogP contribution < -0.4 is 10.2 Å². The number of carbonyl (C=O) groups is 1. The largest absolute Gasteiger partial charge is 0.497 e. The lowest BCUT2D eigenvalue weighted by atomic mass is 10.0. The van der Waals surface area contributed by atoms with Crippen molar-refractivity contribution in [1.29, 1.82) is 0 Å². The van der Waals surface area contributed by atoms with Crippen molar-refractivity contribution in [2.75, 3.05) is 7.11 Å². The van der Waals surface area contributed by atoms with Gasteiger partial charge in [0.1, 0.15) is 11.8 Å². The van der Waals surface area contributed by atoms with Crippen molar-refractivity contribution >= 4 is 17.5 Å². The van der Waals surface area contributed by atoms with Crippen LogP contribution in [0.2, 0.25) is 5.02 Å². The van der Waals surface area contributed by atoms with E-state index in [-0.39, 0.29) is 18.0 Å². The van der Waals surface area contributed by atoms with Crippen LogP contribution in [0.25, 0.3) is 0 Å². The number of rotatable bonds is 4. The molecule has 1 saturated heterocycles. The molecule has 4 rings (SSSR count). The van der Waals surface area contributed by atoms with Gasteiger partial charge in [-0.25, -0.2) is 5.43 Å². The van der Waals surface area contributed by atoms with Crippen LogP contribution in [0.1, 0.15) is 23.6 Å². The molecule has 2 heterocycles. The first-order valence-corrected chi connectivity index (χ1v) is 8.94. The summed E-state index contributed by atoms with van der Waals surface area (Å²) in [4.78, 5) is 14.7. The predicted molar refractivity (Wildman–Crippen MR) is 100 cm³/mol. The maximum atomic E-state index is 12.9. The van der Waals surface area contributed by atoms with Crippen LogP contribution in [0.4, 0.5) is 0 Å². The summed E-state index contributed by atoms with van der Waals surface area (Å²) in [5.41, 5.74) is 5.49. The molecule has 0 aliphatic carbocycles. The zero-order valence-corrected chi connectivity index (χ0v) is 15.2. The fourth-order valence-electron chi connectivity index (χ4n) is 3.43. The number of hydrogen-bond acceptors (Lipinski definition) is 4. The van der Waals surface area contributed by atoms with Gasteiger partial charge in [0, 0.05) is 17.4 Å². The number of nitrogens with zero attached hydrogens (tertiary/aromatic N) is 2. The van der Waals surface area contributed by atoms with Gasteiger partial charge in [0.2, 0.25) is 0 Å². The molecule has 2 unspecified atom stereocenters. The summed E-state index contributed by atoms with van der Waals surface area (Å²) < 4.78 is 5.21. The van der Waals surface area contributed by atoms with Gasteiger partial charge in [0.25, 0.3) is 5.91 Å². The highest BCUT2D eigenvalue weighted by atomic mass is 35.5. The van der Waals surface area contributed by atoms with Gasteiger partial charge in [0.05, 0.1) is 19.7 Å². The maximum Gasteiger partial charge on any atom is 0.251 e. The Morgan fingerprint density at radius 2 is 1.92 bits per heavy atom. The lowest BCUT2D eigenvalue weighted by Gasteiger charge is -2.32. The van der Waals surface area contributed by atoms with Crippen molar-refractivity contribution in [2.45, 2.75) is 25.0 Å². The van der Waals surface area contributed by atoms with Crippen molar-refractivity contribution in [3.05, 3.63) is 77.1 Å². The number of benzene rings is 2. The second-order valence-corrected chi connectivity index (χ2v) is 6.88. The van der Waals surface area contributed by atoms with Crippen molar-refractivity contribution in [3.63, 3.8) is 0 Å². The summed E-state index contributed by atoms with van der Waals surface area (Å²) in [6.07, 6.45) is 4.45. The molecule has 0 radical (unpaired) electrons. The van der Waals surface area contributed by atoms with Gasteiger partial charge in [-0.2, -0.15) is 0 Å².